The fourth-order valence-corrected chi connectivity index (χ4v) is 3.24. The Bertz CT molecular complexity index is 744. The smallest absolute Gasteiger partial charge is 0.195 e. The number of fused-ring (bicyclic) bond motifs is 1. The lowest BCUT2D eigenvalue weighted by Gasteiger charge is -2.37. The van der Waals surface area contributed by atoms with Crippen LogP contribution in [0.3, 0.4) is 0 Å². The zero-order valence-electron chi connectivity index (χ0n) is 12.6. The lowest BCUT2D eigenvalue weighted by Crippen LogP contribution is -2.57. The maximum absolute atomic E-state index is 6.66. The Hall–Kier alpha value is -2.34. The zero-order chi connectivity index (χ0) is 15.4. The number of hydrogen-bond donors (Lipinski definition) is 4. The van der Waals surface area contributed by atoms with Crippen LogP contribution in [0, 0.1) is 5.41 Å². The van der Waals surface area contributed by atoms with Gasteiger partial charge in [0.25, 0.3) is 0 Å². The van der Waals surface area contributed by atoms with Crippen LogP contribution < -0.4 is 16.8 Å². The topological polar surface area (TPSA) is 105 Å². The van der Waals surface area contributed by atoms with E-state index in [4.69, 9.17) is 11.5 Å². The van der Waals surface area contributed by atoms with Crippen molar-refractivity contribution >= 4 is 11.6 Å². The first-order chi connectivity index (χ1) is 10.5. The summed E-state index contributed by atoms with van der Waals surface area (Å²) in [7, 11) is 0. The summed E-state index contributed by atoms with van der Waals surface area (Å²) < 4.78 is 0. The largest absolute Gasteiger partial charge is 0.370 e. The summed E-state index contributed by atoms with van der Waals surface area (Å²) in [4.78, 5) is 4.43. The second-order valence-corrected chi connectivity index (χ2v) is 6.78. The fourth-order valence-electron chi connectivity index (χ4n) is 3.24. The standard InChI is InChI=1S/C16H20N6/c1-15(5-6-15)9-16(18)11-3-2-10(12-4-7-19-22-12)8-13(11)20-14(17)21-16/h2-4,7-8H,5-6,9,18H2,1H3,(H,19,22)(H3,17,20,21). The van der Waals surface area contributed by atoms with Gasteiger partial charge in [-0.25, -0.2) is 4.99 Å². The molecular weight excluding hydrogens is 276 g/mol. The number of hydrogen-bond acceptors (Lipinski definition) is 5. The van der Waals surface area contributed by atoms with Gasteiger partial charge in [-0.3, -0.25) is 5.10 Å². The summed E-state index contributed by atoms with van der Waals surface area (Å²) in [5.74, 6) is 0.376. The minimum atomic E-state index is -0.654. The van der Waals surface area contributed by atoms with Gasteiger partial charge in [-0.2, -0.15) is 5.10 Å². The molecule has 0 bridgehead atoms. The van der Waals surface area contributed by atoms with Crippen LogP contribution in [0.5, 0.6) is 0 Å². The molecule has 0 spiro atoms. The number of aliphatic imine (C=N–C) groups is 1. The number of nitrogens with zero attached hydrogens (tertiary/aromatic N) is 2. The minimum Gasteiger partial charge on any atom is -0.370 e. The second kappa shape index (κ2) is 4.33. The van der Waals surface area contributed by atoms with Gasteiger partial charge in [0.05, 0.1) is 11.4 Å². The Morgan fingerprint density at radius 3 is 2.77 bits per heavy atom. The van der Waals surface area contributed by atoms with Crippen molar-refractivity contribution in [1.82, 2.24) is 15.5 Å². The molecule has 22 heavy (non-hydrogen) atoms. The van der Waals surface area contributed by atoms with Gasteiger partial charge < -0.3 is 16.8 Å². The highest BCUT2D eigenvalue weighted by Gasteiger charge is 2.46. The van der Waals surface area contributed by atoms with E-state index in [0.717, 1.165) is 28.9 Å². The van der Waals surface area contributed by atoms with E-state index in [1.54, 1.807) is 6.20 Å². The van der Waals surface area contributed by atoms with Crippen LogP contribution in [0.25, 0.3) is 11.3 Å². The molecule has 1 aliphatic carbocycles. The Morgan fingerprint density at radius 2 is 2.09 bits per heavy atom. The fraction of sp³-hybridized carbons (Fsp3) is 0.375. The molecule has 0 radical (unpaired) electrons. The van der Waals surface area contributed by atoms with Gasteiger partial charge in [0, 0.05) is 17.3 Å². The molecule has 6 heteroatoms. The van der Waals surface area contributed by atoms with Crippen LogP contribution >= 0.6 is 0 Å². The number of H-pyrrole nitrogens is 1. The average molecular weight is 296 g/mol. The highest BCUT2D eigenvalue weighted by atomic mass is 15.2. The van der Waals surface area contributed by atoms with E-state index in [1.807, 2.05) is 24.3 Å². The minimum absolute atomic E-state index is 0.304. The van der Waals surface area contributed by atoms with E-state index in [-0.39, 0.29) is 0 Å². The van der Waals surface area contributed by atoms with Gasteiger partial charge in [-0.15, -0.1) is 0 Å². The number of benzene rings is 1. The predicted octanol–water partition coefficient (Wildman–Crippen LogP) is 1.93. The molecule has 1 aliphatic heterocycles. The summed E-state index contributed by atoms with van der Waals surface area (Å²) in [6.45, 7) is 2.27. The van der Waals surface area contributed by atoms with Gasteiger partial charge in [0.2, 0.25) is 0 Å². The highest BCUT2D eigenvalue weighted by molar-refractivity contribution is 5.86. The molecule has 2 aliphatic rings. The number of aromatic nitrogens is 2. The van der Waals surface area contributed by atoms with Crippen molar-refractivity contribution in [1.29, 1.82) is 0 Å². The Balaban J connectivity index is 1.78. The molecule has 6 N–H and O–H groups in total. The maximum atomic E-state index is 6.66. The molecular formula is C16H20N6. The predicted molar refractivity (Wildman–Crippen MR) is 86.3 cm³/mol. The van der Waals surface area contributed by atoms with E-state index in [2.05, 4.69) is 27.4 Å². The normalized spacial score (nSPS) is 25.1. The molecule has 1 aromatic carbocycles. The first-order valence-corrected chi connectivity index (χ1v) is 7.53. The third-order valence-electron chi connectivity index (χ3n) is 4.69. The van der Waals surface area contributed by atoms with Crippen molar-refractivity contribution in [3.05, 3.63) is 36.0 Å². The maximum Gasteiger partial charge on any atom is 0.195 e. The molecule has 1 atom stereocenters. The van der Waals surface area contributed by atoms with Gasteiger partial charge in [0.15, 0.2) is 5.96 Å². The lowest BCUT2D eigenvalue weighted by molar-refractivity contribution is 0.295. The Labute approximate surface area is 129 Å². The first kappa shape index (κ1) is 13.3. The summed E-state index contributed by atoms with van der Waals surface area (Å²) in [5, 5.41) is 10.1. The molecule has 1 aromatic heterocycles. The van der Waals surface area contributed by atoms with Crippen LogP contribution in [-0.4, -0.2) is 16.2 Å². The van der Waals surface area contributed by atoms with Crippen molar-refractivity contribution in [3.63, 3.8) is 0 Å². The molecule has 6 nitrogen and oxygen atoms in total. The number of aromatic amines is 1. The summed E-state index contributed by atoms with van der Waals surface area (Å²) in [6.07, 6.45) is 5.01. The molecule has 1 fully saturated rings. The van der Waals surface area contributed by atoms with Crippen LogP contribution in [0.2, 0.25) is 0 Å². The van der Waals surface area contributed by atoms with Crippen molar-refractivity contribution in [2.75, 3.05) is 0 Å². The van der Waals surface area contributed by atoms with Gasteiger partial charge in [0.1, 0.15) is 5.66 Å². The Kier molecular flexibility index (Phi) is 2.62. The molecule has 1 saturated carbocycles. The van der Waals surface area contributed by atoms with Gasteiger partial charge in [-0.1, -0.05) is 19.1 Å². The molecule has 1 unspecified atom stereocenters. The van der Waals surface area contributed by atoms with Crippen molar-refractivity contribution < 1.29 is 0 Å². The van der Waals surface area contributed by atoms with E-state index in [0.29, 0.717) is 11.4 Å². The average Bonchev–Trinajstić information content (AvgIpc) is 2.97. The van der Waals surface area contributed by atoms with Gasteiger partial charge in [-0.05, 0) is 36.8 Å². The molecule has 0 amide bonds. The number of rotatable bonds is 3. The van der Waals surface area contributed by atoms with Crippen LogP contribution in [0.1, 0.15) is 31.7 Å². The third-order valence-corrected chi connectivity index (χ3v) is 4.69. The third kappa shape index (κ3) is 2.16. The monoisotopic (exact) mass is 296 g/mol. The molecule has 2 heterocycles. The lowest BCUT2D eigenvalue weighted by atomic mass is 9.86. The summed E-state index contributed by atoms with van der Waals surface area (Å²) in [6, 6.07) is 8.02. The number of nitrogens with two attached hydrogens (primary N) is 2. The second-order valence-electron chi connectivity index (χ2n) is 6.78. The SMILES string of the molecule is CC1(CC2(N)NC(N)=Nc3cc(-c4ccn[nH]4)ccc32)CC1. The Morgan fingerprint density at radius 1 is 1.27 bits per heavy atom. The molecule has 0 saturated heterocycles. The quantitative estimate of drug-likeness (QED) is 0.694. The van der Waals surface area contributed by atoms with E-state index in [9.17, 15) is 0 Å². The summed E-state index contributed by atoms with van der Waals surface area (Å²) >= 11 is 0. The molecule has 2 aromatic rings. The molecule has 114 valence electrons. The number of nitrogens with one attached hydrogen (secondary N) is 2. The zero-order valence-corrected chi connectivity index (χ0v) is 12.6. The number of guanidine groups is 1. The molecule has 4 rings (SSSR count). The van der Waals surface area contributed by atoms with E-state index in [1.165, 1.54) is 12.8 Å². The van der Waals surface area contributed by atoms with Crippen LogP contribution in [-0.2, 0) is 5.66 Å². The van der Waals surface area contributed by atoms with Gasteiger partial charge >= 0.3 is 0 Å². The van der Waals surface area contributed by atoms with Crippen LogP contribution in [0.15, 0.2) is 35.5 Å². The first-order valence-electron chi connectivity index (χ1n) is 7.53. The van der Waals surface area contributed by atoms with E-state index < -0.39 is 5.66 Å². The van der Waals surface area contributed by atoms with Crippen LogP contribution in [0.4, 0.5) is 5.69 Å². The van der Waals surface area contributed by atoms with E-state index >= 15 is 0 Å². The van der Waals surface area contributed by atoms with Crippen molar-refractivity contribution in [2.45, 2.75) is 31.8 Å². The summed E-state index contributed by atoms with van der Waals surface area (Å²) in [5.41, 5.74) is 16.1. The van der Waals surface area contributed by atoms with Crippen molar-refractivity contribution in [3.8, 4) is 11.3 Å². The highest BCUT2D eigenvalue weighted by Crippen LogP contribution is 2.52. The van der Waals surface area contributed by atoms with Crippen molar-refractivity contribution in [2.24, 2.45) is 21.9 Å².